The summed E-state index contributed by atoms with van der Waals surface area (Å²) < 4.78 is 43.0. The molecular formula is C19H31F3N4O6. The number of nitrogens with zero attached hydrogens (tertiary/aromatic N) is 1. The maximum Gasteiger partial charge on any atom is 0.490 e. The Balaban J connectivity index is 0.00000118. The lowest BCUT2D eigenvalue weighted by atomic mass is 9.88. The highest BCUT2D eigenvalue weighted by Crippen LogP contribution is 2.27. The first-order valence-electron chi connectivity index (χ1n) is 9.95. The minimum absolute atomic E-state index is 0.00101. The van der Waals surface area contributed by atoms with Gasteiger partial charge >= 0.3 is 18.1 Å². The minimum atomic E-state index is -5.08. The zero-order chi connectivity index (χ0) is 25.1. The third-order valence-electron chi connectivity index (χ3n) is 4.29. The van der Waals surface area contributed by atoms with Crippen LogP contribution in [0.2, 0.25) is 0 Å². The highest BCUT2D eigenvalue weighted by molar-refractivity contribution is 5.89. The number of aliphatic imine (C=N–C) groups is 1. The van der Waals surface area contributed by atoms with Crippen LogP contribution in [0.3, 0.4) is 0 Å². The van der Waals surface area contributed by atoms with Crippen LogP contribution in [0.1, 0.15) is 47.0 Å². The molecule has 0 radical (unpaired) electrons. The largest absolute Gasteiger partial charge is 0.490 e. The van der Waals surface area contributed by atoms with Crippen LogP contribution >= 0.6 is 0 Å². The third kappa shape index (κ3) is 10.5. The summed E-state index contributed by atoms with van der Waals surface area (Å²) >= 11 is 0. The summed E-state index contributed by atoms with van der Waals surface area (Å²) in [5.41, 5.74) is 11.5. The second-order valence-corrected chi connectivity index (χ2v) is 6.81. The number of halogens is 3. The van der Waals surface area contributed by atoms with Crippen molar-refractivity contribution in [3.8, 4) is 0 Å². The number of carboxylic acids is 1. The number of rotatable bonds is 8. The summed E-state index contributed by atoms with van der Waals surface area (Å²) in [5.74, 6) is -3.50. The topological polar surface area (TPSA) is 166 Å². The molecule has 0 aromatic carbocycles. The monoisotopic (exact) mass is 468 g/mol. The number of alkyl halides is 3. The first-order chi connectivity index (χ1) is 14.8. The number of amides is 1. The summed E-state index contributed by atoms with van der Waals surface area (Å²) in [6.45, 7) is 7.48. The SMILES string of the molecule is CCOC(=O)C1=C[C@@H](OC(CC)CC)[C@H](NC(C)=O)[C@@H](N=C(N)N)C1.O=C(O)C(F)(F)F. The molecule has 0 aliphatic heterocycles. The van der Waals surface area contributed by atoms with E-state index in [2.05, 4.69) is 10.3 Å². The van der Waals surface area contributed by atoms with Crippen LogP contribution in [0, 0.1) is 0 Å². The normalized spacial score (nSPS) is 20.4. The molecule has 32 heavy (non-hydrogen) atoms. The molecule has 1 aliphatic rings. The second-order valence-electron chi connectivity index (χ2n) is 6.81. The first kappa shape index (κ1) is 29.2. The van der Waals surface area contributed by atoms with Crippen LogP contribution < -0.4 is 16.8 Å². The molecule has 10 nitrogen and oxygen atoms in total. The average molecular weight is 468 g/mol. The summed E-state index contributed by atoms with van der Waals surface area (Å²) in [4.78, 5) is 36.9. The number of hydrogen-bond donors (Lipinski definition) is 4. The lowest BCUT2D eigenvalue weighted by Gasteiger charge is -2.36. The number of guanidine groups is 1. The van der Waals surface area contributed by atoms with Crippen molar-refractivity contribution in [3.63, 3.8) is 0 Å². The molecule has 184 valence electrons. The van der Waals surface area contributed by atoms with Crippen LogP contribution in [-0.2, 0) is 23.9 Å². The summed E-state index contributed by atoms with van der Waals surface area (Å²) in [6, 6.07) is -0.962. The molecular weight excluding hydrogens is 437 g/mol. The number of carbonyl (C=O) groups excluding carboxylic acids is 2. The molecule has 0 aromatic heterocycles. The molecule has 1 rings (SSSR count). The Morgan fingerprint density at radius 1 is 1.25 bits per heavy atom. The molecule has 0 saturated heterocycles. The van der Waals surface area contributed by atoms with Gasteiger partial charge in [0.05, 0.1) is 30.9 Å². The first-order valence-corrected chi connectivity index (χ1v) is 9.95. The molecule has 0 fully saturated rings. The van der Waals surface area contributed by atoms with Gasteiger partial charge in [0, 0.05) is 18.9 Å². The van der Waals surface area contributed by atoms with Gasteiger partial charge in [-0.25, -0.2) is 14.6 Å². The van der Waals surface area contributed by atoms with Crippen LogP contribution in [0.25, 0.3) is 0 Å². The fourth-order valence-electron chi connectivity index (χ4n) is 2.87. The maximum absolute atomic E-state index is 12.2. The molecule has 0 aromatic rings. The maximum atomic E-state index is 12.2. The molecule has 0 saturated carbocycles. The lowest BCUT2D eigenvalue weighted by Crippen LogP contribution is -2.54. The summed E-state index contributed by atoms with van der Waals surface area (Å²) in [7, 11) is 0. The van der Waals surface area contributed by atoms with E-state index in [1.165, 1.54) is 6.92 Å². The number of aliphatic carboxylic acids is 1. The van der Waals surface area contributed by atoms with Gasteiger partial charge in [-0.2, -0.15) is 13.2 Å². The number of hydrogen-bond acceptors (Lipinski definition) is 6. The molecule has 0 unspecified atom stereocenters. The van der Waals surface area contributed by atoms with Crippen molar-refractivity contribution in [1.29, 1.82) is 0 Å². The van der Waals surface area contributed by atoms with E-state index in [1.807, 2.05) is 13.8 Å². The van der Waals surface area contributed by atoms with Crippen LogP contribution in [0.4, 0.5) is 13.2 Å². The van der Waals surface area contributed by atoms with Crippen molar-refractivity contribution in [3.05, 3.63) is 11.6 Å². The van der Waals surface area contributed by atoms with Gasteiger partial charge in [-0.15, -0.1) is 0 Å². The Morgan fingerprint density at radius 2 is 1.78 bits per heavy atom. The second kappa shape index (κ2) is 13.6. The Morgan fingerprint density at radius 3 is 2.16 bits per heavy atom. The van der Waals surface area contributed by atoms with E-state index in [4.69, 9.17) is 30.8 Å². The van der Waals surface area contributed by atoms with E-state index in [1.54, 1.807) is 13.0 Å². The Bertz CT molecular complexity index is 704. The van der Waals surface area contributed by atoms with E-state index < -0.39 is 36.3 Å². The zero-order valence-electron chi connectivity index (χ0n) is 18.4. The van der Waals surface area contributed by atoms with Crippen molar-refractivity contribution in [2.75, 3.05) is 6.61 Å². The van der Waals surface area contributed by atoms with Crippen molar-refractivity contribution in [2.45, 2.75) is 77.4 Å². The van der Waals surface area contributed by atoms with E-state index in [0.29, 0.717) is 5.57 Å². The standard InChI is InChI=1S/C17H30N4O4.C2HF3O2/c1-5-12(6-2)25-14-9-11(16(23)24-7-3)8-13(21-17(18)19)15(14)20-10(4)22;3-2(4,5)1(6)7/h9,12-15H,5-8H2,1-4H3,(H,20,22)(H4,18,19,21);(H,6,7)/t13-,14+,15+;/m0./s1. The number of carboxylic acid groups (broad SMARTS) is 1. The summed E-state index contributed by atoms with van der Waals surface area (Å²) in [6.07, 6.45) is -1.99. The highest BCUT2D eigenvalue weighted by Gasteiger charge is 2.39. The van der Waals surface area contributed by atoms with E-state index in [0.717, 1.165) is 12.8 Å². The Kier molecular flexibility index (Phi) is 12.4. The molecule has 6 N–H and O–H groups in total. The van der Waals surface area contributed by atoms with Gasteiger partial charge in [0.2, 0.25) is 5.91 Å². The molecule has 0 heterocycles. The van der Waals surface area contributed by atoms with Crippen LogP contribution in [0.15, 0.2) is 16.6 Å². The summed E-state index contributed by atoms with van der Waals surface area (Å²) in [5, 5.41) is 9.98. The van der Waals surface area contributed by atoms with Gasteiger partial charge in [-0.1, -0.05) is 13.8 Å². The zero-order valence-corrected chi connectivity index (χ0v) is 18.4. The predicted octanol–water partition coefficient (Wildman–Crippen LogP) is 1.23. The van der Waals surface area contributed by atoms with Crippen molar-refractivity contribution < 1.29 is 42.1 Å². The number of ether oxygens (including phenoxy) is 2. The lowest BCUT2D eigenvalue weighted by molar-refractivity contribution is -0.192. The Labute approximate surface area is 184 Å². The molecule has 0 bridgehead atoms. The van der Waals surface area contributed by atoms with E-state index >= 15 is 0 Å². The third-order valence-corrected chi connectivity index (χ3v) is 4.29. The molecule has 13 heteroatoms. The fourth-order valence-corrected chi connectivity index (χ4v) is 2.87. The highest BCUT2D eigenvalue weighted by atomic mass is 19.4. The van der Waals surface area contributed by atoms with Crippen molar-refractivity contribution >= 4 is 23.8 Å². The van der Waals surface area contributed by atoms with E-state index in [-0.39, 0.29) is 31.0 Å². The quantitative estimate of drug-likeness (QED) is 0.234. The fraction of sp³-hybridized carbons (Fsp3) is 0.684. The number of carbonyl (C=O) groups is 3. The Hall–Kier alpha value is -2.83. The predicted molar refractivity (Wildman–Crippen MR) is 109 cm³/mol. The average Bonchev–Trinajstić information content (AvgIpc) is 2.67. The van der Waals surface area contributed by atoms with Gasteiger partial charge < -0.3 is 31.4 Å². The van der Waals surface area contributed by atoms with Gasteiger partial charge in [0.15, 0.2) is 5.96 Å². The van der Waals surface area contributed by atoms with Crippen LogP contribution in [0.5, 0.6) is 0 Å². The number of nitrogens with one attached hydrogen (secondary N) is 1. The van der Waals surface area contributed by atoms with Gasteiger partial charge in [-0.05, 0) is 25.8 Å². The van der Waals surface area contributed by atoms with Crippen molar-refractivity contribution in [2.24, 2.45) is 16.5 Å². The van der Waals surface area contributed by atoms with Gasteiger partial charge in [0.1, 0.15) is 0 Å². The van der Waals surface area contributed by atoms with Gasteiger partial charge in [0.25, 0.3) is 0 Å². The molecule has 3 atom stereocenters. The smallest absolute Gasteiger partial charge is 0.475 e. The number of nitrogens with two attached hydrogens (primary N) is 2. The van der Waals surface area contributed by atoms with Crippen molar-refractivity contribution in [1.82, 2.24) is 5.32 Å². The molecule has 1 aliphatic carbocycles. The minimum Gasteiger partial charge on any atom is -0.475 e. The van der Waals surface area contributed by atoms with Gasteiger partial charge in [-0.3, -0.25) is 4.79 Å². The molecule has 1 amide bonds. The van der Waals surface area contributed by atoms with Crippen LogP contribution in [-0.4, -0.2) is 66.0 Å². The number of esters is 1. The molecule has 0 spiro atoms. The van der Waals surface area contributed by atoms with E-state index in [9.17, 15) is 22.8 Å².